The number of carboxylic acid groups (broad SMARTS) is 1. The van der Waals surface area contributed by atoms with E-state index < -0.39 is 18.4 Å². The van der Waals surface area contributed by atoms with Crippen molar-refractivity contribution in [2.45, 2.75) is 19.9 Å². The first-order chi connectivity index (χ1) is 13.9. The monoisotopic (exact) mass is 404 g/mol. The van der Waals surface area contributed by atoms with Crippen molar-refractivity contribution in [2.24, 2.45) is 0 Å². The van der Waals surface area contributed by atoms with E-state index in [9.17, 15) is 19.5 Å². The van der Waals surface area contributed by atoms with E-state index in [0.717, 1.165) is 5.56 Å². The number of aliphatic carboxylic acids is 1. The van der Waals surface area contributed by atoms with E-state index in [1.807, 2.05) is 12.1 Å². The lowest BCUT2D eigenvalue weighted by atomic mass is 10.0. The summed E-state index contributed by atoms with van der Waals surface area (Å²) in [6.07, 6.45) is 0.943. The zero-order valence-electron chi connectivity index (χ0n) is 16.3. The Hall–Kier alpha value is -3.33. The predicted molar refractivity (Wildman–Crippen MR) is 103 cm³/mol. The maximum Gasteiger partial charge on any atom is 0.322 e. The molecule has 0 atom stereocenters. The number of hydrogen-bond donors (Lipinski definition) is 3. The summed E-state index contributed by atoms with van der Waals surface area (Å²) in [6, 6.07) is 7.19. The maximum absolute atomic E-state index is 12.1. The molecular weight excluding hydrogens is 380 g/mol. The fourth-order valence-electron chi connectivity index (χ4n) is 2.83. The number of carboxylic acids is 1. The van der Waals surface area contributed by atoms with E-state index in [4.69, 9.17) is 14.6 Å². The molecular formula is C20H24N2O7. The van der Waals surface area contributed by atoms with Crippen molar-refractivity contribution in [3.8, 4) is 5.75 Å². The first kappa shape index (κ1) is 22.0. The molecule has 0 saturated heterocycles. The molecule has 3 N–H and O–H groups in total. The Kier molecular flexibility index (Phi) is 7.79. The third-order valence-corrected chi connectivity index (χ3v) is 4.45. The quantitative estimate of drug-likeness (QED) is 0.322. The van der Waals surface area contributed by atoms with Gasteiger partial charge in [0.2, 0.25) is 6.41 Å². The average Bonchev–Trinajstić information content (AvgIpc) is 2.75. The maximum atomic E-state index is 12.1. The molecule has 9 heteroatoms. The van der Waals surface area contributed by atoms with Crippen molar-refractivity contribution in [3.63, 3.8) is 0 Å². The molecule has 1 heterocycles. The van der Waals surface area contributed by atoms with Crippen LogP contribution in [-0.2, 0) is 25.7 Å². The van der Waals surface area contributed by atoms with E-state index in [1.54, 1.807) is 19.2 Å². The van der Waals surface area contributed by atoms with Gasteiger partial charge in [-0.1, -0.05) is 12.1 Å². The van der Waals surface area contributed by atoms with Gasteiger partial charge in [-0.2, -0.15) is 0 Å². The average molecular weight is 404 g/mol. The molecule has 1 aliphatic heterocycles. The summed E-state index contributed by atoms with van der Waals surface area (Å²) in [5.74, 6) is -1.48. The highest BCUT2D eigenvalue weighted by molar-refractivity contribution is 5.95. The fraction of sp³-hybridized carbons (Fsp3) is 0.350. The minimum atomic E-state index is -1.19. The molecule has 0 aromatic heterocycles. The van der Waals surface area contributed by atoms with Gasteiger partial charge in [0.1, 0.15) is 18.1 Å². The molecule has 0 saturated carbocycles. The number of nitrogens with one attached hydrogen (secondary N) is 1. The molecule has 156 valence electrons. The topological polar surface area (TPSA) is 125 Å². The van der Waals surface area contributed by atoms with Crippen LogP contribution in [0.25, 0.3) is 0 Å². The van der Waals surface area contributed by atoms with Crippen LogP contribution in [0.3, 0.4) is 0 Å². The summed E-state index contributed by atoms with van der Waals surface area (Å²) < 4.78 is 10.6. The lowest BCUT2D eigenvalue weighted by molar-refractivity contribution is -0.137. The highest BCUT2D eigenvalue weighted by Crippen LogP contribution is 2.27. The van der Waals surface area contributed by atoms with Crippen LogP contribution in [0.5, 0.6) is 5.75 Å². The van der Waals surface area contributed by atoms with Gasteiger partial charge in [0.05, 0.1) is 38.1 Å². The molecule has 2 amide bonds. The highest BCUT2D eigenvalue weighted by Gasteiger charge is 2.24. The van der Waals surface area contributed by atoms with E-state index in [1.165, 1.54) is 11.8 Å². The number of carbonyl (C=O) groups is 3. The Balaban J connectivity index is 2.31. The Bertz CT molecular complexity index is 828. The number of hydrogen-bond acceptors (Lipinski definition) is 6. The van der Waals surface area contributed by atoms with Crippen LogP contribution in [0, 0.1) is 0 Å². The largest absolute Gasteiger partial charge is 0.507 e. The SMILES string of the molecule is COc1ccc(CN(C=O)C2=C(/C(O)=C(\C)C(=O)NCC(=O)O)CCOC2)cc1. The van der Waals surface area contributed by atoms with Gasteiger partial charge in [-0.15, -0.1) is 0 Å². The third kappa shape index (κ3) is 5.82. The summed E-state index contributed by atoms with van der Waals surface area (Å²) in [7, 11) is 1.56. The van der Waals surface area contributed by atoms with Crippen LogP contribution >= 0.6 is 0 Å². The second-order valence-electron chi connectivity index (χ2n) is 6.36. The van der Waals surface area contributed by atoms with Crippen molar-refractivity contribution >= 4 is 18.3 Å². The van der Waals surface area contributed by atoms with Crippen LogP contribution in [0.4, 0.5) is 0 Å². The van der Waals surface area contributed by atoms with Crippen LogP contribution in [0.1, 0.15) is 18.9 Å². The van der Waals surface area contributed by atoms with Gasteiger partial charge >= 0.3 is 5.97 Å². The number of allylic oxidation sites excluding steroid dienone is 1. The summed E-state index contributed by atoms with van der Waals surface area (Å²) in [6.45, 7) is 1.49. The van der Waals surface area contributed by atoms with Gasteiger partial charge in [0.15, 0.2) is 0 Å². The lowest BCUT2D eigenvalue weighted by Crippen LogP contribution is -2.32. The molecule has 2 rings (SSSR count). The van der Waals surface area contributed by atoms with Crippen LogP contribution in [-0.4, -0.2) is 60.3 Å². The van der Waals surface area contributed by atoms with Crippen molar-refractivity contribution in [2.75, 3.05) is 26.9 Å². The van der Waals surface area contributed by atoms with Gasteiger partial charge in [-0.3, -0.25) is 14.4 Å². The first-order valence-electron chi connectivity index (χ1n) is 8.92. The molecule has 0 aliphatic carbocycles. The Morgan fingerprint density at radius 3 is 2.55 bits per heavy atom. The molecule has 0 fully saturated rings. The zero-order valence-corrected chi connectivity index (χ0v) is 16.3. The molecule has 0 bridgehead atoms. The Morgan fingerprint density at radius 1 is 1.28 bits per heavy atom. The zero-order chi connectivity index (χ0) is 21.4. The molecule has 1 aromatic carbocycles. The molecule has 1 aliphatic rings. The van der Waals surface area contributed by atoms with Crippen LogP contribution in [0.15, 0.2) is 46.9 Å². The Morgan fingerprint density at radius 2 is 1.97 bits per heavy atom. The number of aliphatic hydroxyl groups excluding tert-OH is 1. The van der Waals surface area contributed by atoms with Gasteiger partial charge in [-0.25, -0.2) is 0 Å². The van der Waals surface area contributed by atoms with Gasteiger partial charge in [0, 0.05) is 12.0 Å². The second-order valence-corrected chi connectivity index (χ2v) is 6.36. The third-order valence-electron chi connectivity index (χ3n) is 4.45. The van der Waals surface area contributed by atoms with Crippen molar-refractivity contribution in [1.29, 1.82) is 0 Å². The normalized spacial score (nSPS) is 14.7. The standard InChI is InChI=1S/C20H24N2O7/c1-13(20(27)21-9-18(24)25)19(26)16-7-8-29-11-17(16)22(12-23)10-14-3-5-15(28-2)6-4-14/h3-6,12,26H,7-11H2,1-2H3,(H,21,27)(H,24,25)/b19-13-. The summed E-state index contributed by atoms with van der Waals surface area (Å²) in [4.78, 5) is 35.9. The number of rotatable bonds is 9. The predicted octanol–water partition coefficient (Wildman–Crippen LogP) is 1.36. The highest BCUT2D eigenvalue weighted by atomic mass is 16.5. The lowest BCUT2D eigenvalue weighted by Gasteiger charge is -2.28. The second kappa shape index (κ2) is 10.3. The van der Waals surface area contributed by atoms with Crippen molar-refractivity contribution in [1.82, 2.24) is 10.2 Å². The molecule has 0 unspecified atom stereocenters. The van der Waals surface area contributed by atoms with E-state index in [2.05, 4.69) is 5.32 Å². The molecule has 9 nitrogen and oxygen atoms in total. The van der Waals surface area contributed by atoms with E-state index >= 15 is 0 Å². The van der Waals surface area contributed by atoms with E-state index in [0.29, 0.717) is 36.5 Å². The fourth-order valence-corrected chi connectivity index (χ4v) is 2.83. The van der Waals surface area contributed by atoms with Gasteiger partial charge < -0.3 is 29.9 Å². The number of aliphatic hydroxyl groups is 1. The van der Waals surface area contributed by atoms with E-state index in [-0.39, 0.29) is 24.5 Å². The molecule has 29 heavy (non-hydrogen) atoms. The number of ether oxygens (including phenoxy) is 2. The molecule has 0 spiro atoms. The number of benzene rings is 1. The molecule has 0 radical (unpaired) electrons. The number of methoxy groups -OCH3 is 1. The van der Waals surface area contributed by atoms with Crippen molar-refractivity contribution < 1.29 is 34.1 Å². The first-order valence-corrected chi connectivity index (χ1v) is 8.92. The summed E-state index contributed by atoms with van der Waals surface area (Å²) in [5.41, 5.74) is 1.68. The van der Waals surface area contributed by atoms with Gasteiger partial charge in [-0.05, 0) is 24.6 Å². The Labute approximate surface area is 168 Å². The minimum absolute atomic E-state index is 0.0315. The minimum Gasteiger partial charge on any atom is -0.507 e. The summed E-state index contributed by atoms with van der Waals surface area (Å²) in [5, 5.41) is 21.5. The van der Waals surface area contributed by atoms with Gasteiger partial charge in [0.25, 0.3) is 5.91 Å². The summed E-state index contributed by atoms with van der Waals surface area (Å²) >= 11 is 0. The van der Waals surface area contributed by atoms with Crippen LogP contribution in [0.2, 0.25) is 0 Å². The number of carbonyl (C=O) groups excluding carboxylic acids is 2. The number of amides is 2. The van der Waals surface area contributed by atoms with Crippen molar-refractivity contribution in [3.05, 3.63) is 52.4 Å². The van der Waals surface area contributed by atoms with Crippen LogP contribution < -0.4 is 10.1 Å². The smallest absolute Gasteiger partial charge is 0.322 e. The number of nitrogens with zero attached hydrogens (tertiary/aromatic N) is 1. The molecule has 1 aromatic rings.